The van der Waals surface area contributed by atoms with Crippen LogP contribution in [0.25, 0.3) is 0 Å². The SMILES string of the molecule is CCN(CCC#N)C(=O)c1cc(C)c(F)cc1F. The summed E-state index contributed by atoms with van der Waals surface area (Å²) in [6.45, 7) is 3.82. The van der Waals surface area contributed by atoms with Gasteiger partial charge in [0, 0.05) is 19.2 Å². The number of benzene rings is 1. The van der Waals surface area contributed by atoms with E-state index < -0.39 is 17.5 Å². The van der Waals surface area contributed by atoms with E-state index in [0.717, 1.165) is 0 Å². The standard InChI is InChI=1S/C13H14F2N2O/c1-3-17(6-4-5-16)13(18)10-7-9(2)11(14)8-12(10)15/h7-8H,3-4,6H2,1-2H3. The number of carbonyl (C=O) groups excluding carboxylic acids is 1. The molecule has 0 atom stereocenters. The van der Waals surface area contributed by atoms with E-state index in [2.05, 4.69) is 0 Å². The second-order valence-corrected chi connectivity index (χ2v) is 3.87. The molecule has 0 N–H and O–H groups in total. The first-order chi connectivity index (χ1) is 8.51. The van der Waals surface area contributed by atoms with E-state index in [0.29, 0.717) is 12.6 Å². The molecule has 0 aromatic heterocycles. The average Bonchev–Trinajstić information content (AvgIpc) is 2.34. The van der Waals surface area contributed by atoms with Crippen molar-refractivity contribution in [1.82, 2.24) is 4.90 Å². The van der Waals surface area contributed by atoms with Crippen molar-refractivity contribution in [2.24, 2.45) is 0 Å². The van der Waals surface area contributed by atoms with Gasteiger partial charge in [0.05, 0.1) is 18.1 Å². The number of rotatable bonds is 4. The molecule has 0 heterocycles. The molecular formula is C13H14F2N2O. The van der Waals surface area contributed by atoms with Crippen LogP contribution in [0.1, 0.15) is 29.3 Å². The van der Waals surface area contributed by atoms with Crippen LogP contribution in [-0.4, -0.2) is 23.9 Å². The lowest BCUT2D eigenvalue weighted by Gasteiger charge is -2.20. The first-order valence-electron chi connectivity index (χ1n) is 5.63. The Balaban J connectivity index is 3.02. The maximum absolute atomic E-state index is 13.5. The molecule has 0 aliphatic rings. The molecule has 96 valence electrons. The molecule has 1 aromatic rings. The van der Waals surface area contributed by atoms with Gasteiger partial charge in [-0.1, -0.05) is 0 Å². The van der Waals surface area contributed by atoms with Gasteiger partial charge in [-0.2, -0.15) is 5.26 Å². The summed E-state index contributed by atoms with van der Waals surface area (Å²) in [7, 11) is 0. The molecule has 1 amide bonds. The third-order valence-electron chi connectivity index (χ3n) is 2.64. The van der Waals surface area contributed by atoms with Crippen LogP contribution in [0.3, 0.4) is 0 Å². The van der Waals surface area contributed by atoms with Crippen LogP contribution in [0.2, 0.25) is 0 Å². The smallest absolute Gasteiger partial charge is 0.256 e. The number of carbonyl (C=O) groups is 1. The Labute approximate surface area is 105 Å². The number of hydrogen-bond donors (Lipinski definition) is 0. The van der Waals surface area contributed by atoms with Crippen molar-refractivity contribution in [2.45, 2.75) is 20.3 Å². The molecule has 0 saturated carbocycles. The van der Waals surface area contributed by atoms with E-state index in [-0.39, 0.29) is 24.1 Å². The minimum absolute atomic E-state index is 0.159. The van der Waals surface area contributed by atoms with Crippen LogP contribution in [0.4, 0.5) is 8.78 Å². The van der Waals surface area contributed by atoms with Gasteiger partial charge in [0.15, 0.2) is 0 Å². The number of amides is 1. The molecule has 0 saturated heterocycles. The van der Waals surface area contributed by atoms with Crippen LogP contribution in [0.15, 0.2) is 12.1 Å². The molecule has 1 aromatic carbocycles. The fraction of sp³-hybridized carbons (Fsp3) is 0.385. The normalized spacial score (nSPS) is 9.94. The second kappa shape index (κ2) is 6.10. The summed E-state index contributed by atoms with van der Waals surface area (Å²) in [4.78, 5) is 13.4. The molecule has 0 spiro atoms. The Kier molecular flexibility index (Phi) is 4.78. The largest absolute Gasteiger partial charge is 0.338 e. The zero-order valence-corrected chi connectivity index (χ0v) is 10.3. The fourth-order valence-electron chi connectivity index (χ4n) is 1.58. The predicted octanol–water partition coefficient (Wildman–Crippen LogP) is 2.65. The topological polar surface area (TPSA) is 44.1 Å². The Bertz CT molecular complexity index is 494. The van der Waals surface area contributed by atoms with E-state index in [9.17, 15) is 13.6 Å². The van der Waals surface area contributed by atoms with Gasteiger partial charge >= 0.3 is 0 Å². The number of nitrogens with zero attached hydrogens (tertiary/aromatic N) is 2. The number of aryl methyl sites for hydroxylation is 1. The van der Waals surface area contributed by atoms with Gasteiger partial charge in [0.25, 0.3) is 5.91 Å². The molecule has 0 aliphatic heterocycles. The second-order valence-electron chi connectivity index (χ2n) is 3.87. The minimum Gasteiger partial charge on any atom is -0.338 e. The maximum atomic E-state index is 13.5. The van der Waals surface area contributed by atoms with E-state index in [1.54, 1.807) is 6.92 Å². The third kappa shape index (κ3) is 3.04. The van der Waals surface area contributed by atoms with Crippen molar-refractivity contribution in [3.8, 4) is 6.07 Å². The quantitative estimate of drug-likeness (QED) is 0.826. The molecule has 3 nitrogen and oxygen atoms in total. The lowest BCUT2D eigenvalue weighted by molar-refractivity contribution is 0.0763. The zero-order chi connectivity index (χ0) is 13.7. The first kappa shape index (κ1) is 14.1. The summed E-state index contributed by atoms with van der Waals surface area (Å²) in [5.41, 5.74) is 0.0600. The van der Waals surface area contributed by atoms with Crippen molar-refractivity contribution < 1.29 is 13.6 Å². The minimum atomic E-state index is -0.876. The number of nitriles is 1. The zero-order valence-electron chi connectivity index (χ0n) is 10.3. The molecule has 0 aliphatic carbocycles. The summed E-state index contributed by atoms with van der Waals surface area (Å²) < 4.78 is 26.6. The third-order valence-corrected chi connectivity index (χ3v) is 2.64. The highest BCUT2D eigenvalue weighted by Crippen LogP contribution is 2.16. The summed E-state index contributed by atoms with van der Waals surface area (Å²) in [6.07, 6.45) is 0.182. The molecule has 5 heteroatoms. The highest BCUT2D eigenvalue weighted by Gasteiger charge is 2.19. The summed E-state index contributed by atoms with van der Waals surface area (Å²) in [5.74, 6) is -2.07. The van der Waals surface area contributed by atoms with Gasteiger partial charge in [0.1, 0.15) is 11.6 Å². The lowest BCUT2D eigenvalue weighted by atomic mass is 10.1. The Hall–Kier alpha value is -1.96. The number of hydrogen-bond acceptors (Lipinski definition) is 2. The van der Waals surface area contributed by atoms with Crippen LogP contribution in [0, 0.1) is 29.9 Å². The monoisotopic (exact) mass is 252 g/mol. The van der Waals surface area contributed by atoms with Crippen molar-refractivity contribution in [3.05, 3.63) is 34.9 Å². The molecule has 0 fully saturated rings. The van der Waals surface area contributed by atoms with E-state index >= 15 is 0 Å². The molecule has 0 radical (unpaired) electrons. The Morgan fingerprint density at radius 3 is 2.61 bits per heavy atom. The van der Waals surface area contributed by atoms with Crippen LogP contribution in [-0.2, 0) is 0 Å². The van der Waals surface area contributed by atoms with E-state index in [1.807, 2.05) is 6.07 Å². The molecule has 0 bridgehead atoms. The van der Waals surface area contributed by atoms with Crippen LogP contribution in [0.5, 0.6) is 0 Å². The molecule has 1 rings (SSSR count). The summed E-state index contributed by atoms with van der Waals surface area (Å²) >= 11 is 0. The van der Waals surface area contributed by atoms with Crippen molar-refractivity contribution in [2.75, 3.05) is 13.1 Å². The van der Waals surface area contributed by atoms with Gasteiger partial charge in [-0.3, -0.25) is 4.79 Å². The Morgan fingerprint density at radius 1 is 1.39 bits per heavy atom. The van der Waals surface area contributed by atoms with Crippen LogP contribution >= 0.6 is 0 Å². The Morgan fingerprint density at radius 2 is 2.06 bits per heavy atom. The summed E-state index contributed by atoms with van der Waals surface area (Å²) in [6, 6.07) is 3.83. The first-order valence-corrected chi connectivity index (χ1v) is 5.63. The lowest BCUT2D eigenvalue weighted by Crippen LogP contribution is -2.32. The van der Waals surface area contributed by atoms with Crippen molar-refractivity contribution in [1.29, 1.82) is 5.26 Å². The molecular weight excluding hydrogens is 238 g/mol. The van der Waals surface area contributed by atoms with E-state index in [1.165, 1.54) is 17.9 Å². The highest BCUT2D eigenvalue weighted by molar-refractivity contribution is 5.94. The fourth-order valence-corrected chi connectivity index (χ4v) is 1.58. The van der Waals surface area contributed by atoms with Crippen molar-refractivity contribution >= 4 is 5.91 Å². The molecule has 18 heavy (non-hydrogen) atoms. The average molecular weight is 252 g/mol. The highest BCUT2D eigenvalue weighted by atomic mass is 19.1. The van der Waals surface area contributed by atoms with Gasteiger partial charge in [-0.15, -0.1) is 0 Å². The van der Waals surface area contributed by atoms with Gasteiger partial charge < -0.3 is 4.90 Å². The number of halogens is 2. The molecule has 0 unspecified atom stereocenters. The van der Waals surface area contributed by atoms with Gasteiger partial charge in [0.2, 0.25) is 0 Å². The van der Waals surface area contributed by atoms with E-state index in [4.69, 9.17) is 5.26 Å². The maximum Gasteiger partial charge on any atom is 0.256 e. The van der Waals surface area contributed by atoms with Gasteiger partial charge in [-0.05, 0) is 25.5 Å². The predicted molar refractivity (Wildman–Crippen MR) is 62.9 cm³/mol. The van der Waals surface area contributed by atoms with Crippen molar-refractivity contribution in [3.63, 3.8) is 0 Å². The van der Waals surface area contributed by atoms with Crippen LogP contribution < -0.4 is 0 Å². The summed E-state index contributed by atoms with van der Waals surface area (Å²) in [5, 5.41) is 8.49. The van der Waals surface area contributed by atoms with Gasteiger partial charge in [-0.25, -0.2) is 8.78 Å².